The summed E-state index contributed by atoms with van der Waals surface area (Å²) in [6.45, 7) is 4.25. The summed E-state index contributed by atoms with van der Waals surface area (Å²) in [5, 5.41) is 4.66. The molecule has 2 N–H and O–H groups in total. The summed E-state index contributed by atoms with van der Waals surface area (Å²) < 4.78 is 31.6. The number of piperazine rings is 1. The number of carbonyl (C=O) groups excluding carboxylic acids is 2. The maximum Gasteiger partial charge on any atom is 0.313 e. The number of rotatable bonds is 6. The van der Waals surface area contributed by atoms with Crippen molar-refractivity contribution in [3.63, 3.8) is 0 Å². The van der Waals surface area contributed by atoms with Gasteiger partial charge in [0.1, 0.15) is 17.4 Å². The topological polar surface area (TPSA) is 73.9 Å². The van der Waals surface area contributed by atoms with Crippen molar-refractivity contribution in [1.29, 1.82) is 0 Å². The van der Waals surface area contributed by atoms with E-state index in [-0.39, 0.29) is 5.69 Å². The van der Waals surface area contributed by atoms with Gasteiger partial charge in [-0.05, 0) is 36.4 Å². The van der Waals surface area contributed by atoms with E-state index >= 15 is 0 Å². The Morgan fingerprint density at radius 3 is 2.33 bits per heavy atom. The number of hydrogen-bond acceptors (Lipinski definition) is 5. The Balaban J connectivity index is 1.38. The molecule has 7 nitrogen and oxygen atoms in total. The molecule has 2 amide bonds. The Morgan fingerprint density at radius 1 is 1.00 bits per heavy atom. The van der Waals surface area contributed by atoms with Crippen LogP contribution in [0, 0.1) is 11.6 Å². The van der Waals surface area contributed by atoms with Gasteiger partial charge in [-0.3, -0.25) is 14.5 Å². The largest absolute Gasteiger partial charge is 0.497 e. The fraction of sp³-hybridized carbons (Fsp3) is 0.333. The predicted octanol–water partition coefficient (Wildman–Crippen LogP) is 1.85. The van der Waals surface area contributed by atoms with Gasteiger partial charge in [0.05, 0.1) is 12.8 Å². The SMILES string of the molecule is COc1ccc(N2CCN(CCNC(=O)C(=O)Nc3ccc(F)cc3F)CC2)cc1. The number of anilines is 2. The van der Waals surface area contributed by atoms with Gasteiger partial charge in [0.15, 0.2) is 0 Å². The predicted molar refractivity (Wildman–Crippen MR) is 110 cm³/mol. The molecule has 0 saturated carbocycles. The van der Waals surface area contributed by atoms with Gasteiger partial charge in [-0.15, -0.1) is 0 Å². The average molecular weight is 418 g/mol. The standard InChI is InChI=1S/C21H24F2N4O3/c1-30-17-5-3-16(4-6-17)27-12-10-26(11-13-27)9-8-24-20(28)21(29)25-19-7-2-15(22)14-18(19)23/h2-7,14H,8-13H2,1H3,(H,24,28)(H,25,29). The Hall–Kier alpha value is -3.20. The van der Waals surface area contributed by atoms with Gasteiger partial charge in [0.25, 0.3) is 0 Å². The van der Waals surface area contributed by atoms with Crippen LogP contribution in [0.15, 0.2) is 42.5 Å². The van der Waals surface area contributed by atoms with Gasteiger partial charge in [-0.2, -0.15) is 0 Å². The quantitative estimate of drug-likeness (QED) is 0.701. The van der Waals surface area contributed by atoms with Crippen molar-refractivity contribution in [2.45, 2.75) is 0 Å². The third-order valence-electron chi connectivity index (χ3n) is 4.91. The maximum absolute atomic E-state index is 13.6. The summed E-state index contributed by atoms with van der Waals surface area (Å²) in [5.41, 5.74) is 0.889. The highest BCUT2D eigenvalue weighted by atomic mass is 19.1. The zero-order valence-corrected chi connectivity index (χ0v) is 16.7. The van der Waals surface area contributed by atoms with E-state index in [4.69, 9.17) is 4.74 Å². The second-order valence-electron chi connectivity index (χ2n) is 6.86. The van der Waals surface area contributed by atoms with Gasteiger partial charge in [0.2, 0.25) is 0 Å². The Labute approximate surface area is 173 Å². The van der Waals surface area contributed by atoms with Gasteiger partial charge < -0.3 is 20.3 Å². The molecule has 1 saturated heterocycles. The first-order chi connectivity index (χ1) is 14.5. The number of ether oxygens (including phenoxy) is 1. The zero-order chi connectivity index (χ0) is 21.5. The summed E-state index contributed by atoms with van der Waals surface area (Å²) in [7, 11) is 1.64. The molecule has 0 aliphatic carbocycles. The van der Waals surface area contributed by atoms with Crippen molar-refractivity contribution in [2.24, 2.45) is 0 Å². The van der Waals surface area contributed by atoms with Crippen LogP contribution < -0.4 is 20.3 Å². The molecule has 3 rings (SSSR count). The third kappa shape index (κ3) is 5.66. The number of amides is 2. The van der Waals surface area contributed by atoms with Gasteiger partial charge in [0, 0.05) is 51.0 Å². The fourth-order valence-electron chi connectivity index (χ4n) is 3.20. The molecule has 160 valence electrons. The highest BCUT2D eigenvalue weighted by molar-refractivity contribution is 6.39. The Kier molecular flexibility index (Phi) is 7.18. The van der Waals surface area contributed by atoms with Crippen molar-refractivity contribution in [2.75, 3.05) is 56.6 Å². The monoisotopic (exact) mass is 418 g/mol. The minimum atomic E-state index is -0.996. The van der Waals surface area contributed by atoms with Crippen LogP contribution in [0.25, 0.3) is 0 Å². The lowest BCUT2D eigenvalue weighted by atomic mass is 10.2. The molecule has 2 aromatic carbocycles. The van der Waals surface area contributed by atoms with Gasteiger partial charge >= 0.3 is 11.8 Å². The van der Waals surface area contributed by atoms with E-state index in [1.807, 2.05) is 24.3 Å². The van der Waals surface area contributed by atoms with Crippen LogP contribution in [0.3, 0.4) is 0 Å². The van der Waals surface area contributed by atoms with Crippen molar-refractivity contribution in [3.05, 3.63) is 54.1 Å². The highest BCUT2D eigenvalue weighted by Gasteiger charge is 2.19. The molecule has 30 heavy (non-hydrogen) atoms. The van der Waals surface area contributed by atoms with E-state index < -0.39 is 23.4 Å². The number of nitrogens with one attached hydrogen (secondary N) is 2. The molecule has 0 spiro atoms. The van der Waals surface area contributed by atoms with E-state index in [2.05, 4.69) is 20.4 Å². The van der Waals surface area contributed by atoms with Crippen molar-refractivity contribution < 1.29 is 23.1 Å². The molecule has 9 heteroatoms. The van der Waals surface area contributed by atoms with Crippen LogP contribution in [0.4, 0.5) is 20.2 Å². The molecule has 1 fully saturated rings. The van der Waals surface area contributed by atoms with Crippen LogP contribution in [0.2, 0.25) is 0 Å². The van der Waals surface area contributed by atoms with Gasteiger partial charge in [-0.1, -0.05) is 0 Å². The first-order valence-electron chi connectivity index (χ1n) is 9.62. The van der Waals surface area contributed by atoms with E-state index in [9.17, 15) is 18.4 Å². The maximum atomic E-state index is 13.6. The lowest BCUT2D eigenvalue weighted by molar-refractivity contribution is -0.136. The van der Waals surface area contributed by atoms with E-state index in [0.717, 1.165) is 49.7 Å². The molecule has 0 bridgehead atoms. The van der Waals surface area contributed by atoms with Crippen molar-refractivity contribution in [3.8, 4) is 5.75 Å². The van der Waals surface area contributed by atoms with Crippen LogP contribution >= 0.6 is 0 Å². The molecule has 0 atom stereocenters. The smallest absolute Gasteiger partial charge is 0.313 e. The zero-order valence-electron chi connectivity index (χ0n) is 16.7. The second-order valence-corrected chi connectivity index (χ2v) is 6.86. The number of halogens is 2. The molecule has 0 radical (unpaired) electrons. The Morgan fingerprint density at radius 2 is 1.70 bits per heavy atom. The molecule has 2 aromatic rings. The van der Waals surface area contributed by atoms with Crippen molar-refractivity contribution >= 4 is 23.2 Å². The summed E-state index contributed by atoms with van der Waals surface area (Å²) in [4.78, 5) is 28.2. The summed E-state index contributed by atoms with van der Waals surface area (Å²) in [5.74, 6) is -2.74. The van der Waals surface area contributed by atoms with Crippen LogP contribution in [0.1, 0.15) is 0 Å². The molecule has 0 aromatic heterocycles. The lowest BCUT2D eigenvalue weighted by Gasteiger charge is -2.36. The second kappa shape index (κ2) is 10.0. The number of hydrogen-bond donors (Lipinski definition) is 2. The summed E-state index contributed by atoms with van der Waals surface area (Å²) in [6.07, 6.45) is 0. The molecule has 1 aliphatic rings. The lowest BCUT2D eigenvalue weighted by Crippen LogP contribution is -2.49. The van der Waals surface area contributed by atoms with Crippen molar-refractivity contribution in [1.82, 2.24) is 10.2 Å². The van der Waals surface area contributed by atoms with Gasteiger partial charge in [-0.25, -0.2) is 8.78 Å². The number of nitrogens with zero attached hydrogens (tertiary/aromatic N) is 2. The number of benzene rings is 2. The summed E-state index contributed by atoms with van der Waals surface area (Å²) >= 11 is 0. The normalized spacial score (nSPS) is 14.3. The summed E-state index contributed by atoms with van der Waals surface area (Å²) in [6, 6.07) is 10.6. The molecular weight excluding hydrogens is 394 g/mol. The number of carbonyl (C=O) groups is 2. The minimum Gasteiger partial charge on any atom is -0.497 e. The highest BCUT2D eigenvalue weighted by Crippen LogP contribution is 2.20. The minimum absolute atomic E-state index is 0.244. The Bertz CT molecular complexity index is 884. The van der Waals surface area contributed by atoms with Crippen LogP contribution in [0.5, 0.6) is 5.75 Å². The number of methoxy groups -OCH3 is 1. The molecular formula is C21H24F2N4O3. The molecule has 1 aliphatic heterocycles. The van der Waals surface area contributed by atoms with E-state index in [0.29, 0.717) is 19.2 Å². The first kappa shape index (κ1) is 21.5. The average Bonchev–Trinajstić information content (AvgIpc) is 2.76. The van der Waals surface area contributed by atoms with Crippen LogP contribution in [-0.2, 0) is 9.59 Å². The molecule has 0 unspecified atom stereocenters. The molecule has 1 heterocycles. The van der Waals surface area contributed by atoms with E-state index in [1.165, 1.54) is 0 Å². The first-order valence-corrected chi connectivity index (χ1v) is 9.62. The van der Waals surface area contributed by atoms with E-state index in [1.54, 1.807) is 7.11 Å². The van der Waals surface area contributed by atoms with Crippen LogP contribution in [-0.4, -0.2) is 63.1 Å². The fourth-order valence-corrected chi connectivity index (χ4v) is 3.20. The third-order valence-corrected chi connectivity index (χ3v) is 4.91.